The molecule has 98 valence electrons. The van der Waals surface area contributed by atoms with Crippen LogP contribution in [0.5, 0.6) is 0 Å². The Hall–Kier alpha value is -2.36. The van der Waals surface area contributed by atoms with Gasteiger partial charge in [0.1, 0.15) is 0 Å². The lowest BCUT2D eigenvalue weighted by Crippen LogP contribution is -2.03. The molecule has 1 aromatic heterocycles. The number of nitrogens with zero attached hydrogens (tertiary/aromatic N) is 2. The van der Waals surface area contributed by atoms with Crippen LogP contribution in [0.3, 0.4) is 0 Å². The molecule has 2 rings (SSSR count). The van der Waals surface area contributed by atoms with Crippen LogP contribution in [0.4, 0.5) is 0 Å². The zero-order chi connectivity index (χ0) is 13.5. The van der Waals surface area contributed by atoms with E-state index < -0.39 is 0 Å². The number of esters is 1. The Labute approximate surface area is 112 Å². The monoisotopic (exact) mass is 256 g/mol. The summed E-state index contributed by atoms with van der Waals surface area (Å²) in [6.45, 7) is 2.77. The third kappa shape index (κ3) is 3.81. The van der Waals surface area contributed by atoms with Gasteiger partial charge in [-0.2, -0.15) is 5.10 Å². The topological polar surface area (TPSA) is 44.1 Å². The lowest BCUT2D eigenvalue weighted by molar-refractivity contribution is 0.0526. The summed E-state index contributed by atoms with van der Waals surface area (Å²) in [7, 11) is 0. The maximum Gasteiger partial charge on any atom is 0.341 e. The molecule has 1 aromatic carbocycles. The van der Waals surface area contributed by atoms with Crippen molar-refractivity contribution in [1.29, 1.82) is 0 Å². The minimum Gasteiger partial charge on any atom is -0.462 e. The number of carbonyl (C=O) groups excluding carboxylic acids is 1. The van der Waals surface area contributed by atoms with Gasteiger partial charge in [0.25, 0.3) is 0 Å². The Morgan fingerprint density at radius 1 is 1.37 bits per heavy atom. The van der Waals surface area contributed by atoms with Crippen LogP contribution in [0.25, 0.3) is 6.08 Å². The lowest BCUT2D eigenvalue weighted by Gasteiger charge is -1.97. The molecule has 0 amide bonds. The van der Waals surface area contributed by atoms with Crippen molar-refractivity contribution in [1.82, 2.24) is 9.78 Å². The molecule has 0 aliphatic heterocycles. The second-order valence-corrected chi connectivity index (χ2v) is 3.98. The number of allylic oxidation sites excluding steroid dienone is 1. The highest BCUT2D eigenvalue weighted by Crippen LogP contribution is 2.03. The van der Waals surface area contributed by atoms with Crippen molar-refractivity contribution in [3.8, 4) is 0 Å². The van der Waals surface area contributed by atoms with Gasteiger partial charge in [-0.1, -0.05) is 42.5 Å². The zero-order valence-electron chi connectivity index (χ0n) is 10.8. The van der Waals surface area contributed by atoms with Gasteiger partial charge in [0.05, 0.1) is 24.9 Å². The van der Waals surface area contributed by atoms with Crippen LogP contribution in [0, 0.1) is 0 Å². The minimum absolute atomic E-state index is 0.333. The van der Waals surface area contributed by atoms with Gasteiger partial charge in [0.2, 0.25) is 0 Å². The normalized spacial score (nSPS) is 10.8. The maximum atomic E-state index is 11.5. The van der Waals surface area contributed by atoms with Crippen LogP contribution in [0.1, 0.15) is 22.8 Å². The first kappa shape index (κ1) is 13.1. The summed E-state index contributed by atoms with van der Waals surface area (Å²) in [5.74, 6) is -0.333. The molecule has 0 fully saturated rings. The van der Waals surface area contributed by atoms with Crippen molar-refractivity contribution in [2.75, 3.05) is 6.61 Å². The molecule has 0 atom stereocenters. The van der Waals surface area contributed by atoms with E-state index in [4.69, 9.17) is 4.74 Å². The van der Waals surface area contributed by atoms with Gasteiger partial charge in [-0.25, -0.2) is 4.79 Å². The number of carbonyl (C=O) groups is 1. The summed E-state index contributed by atoms with van der Waals surface area (Å²) in [5.41, 5.74) is 1.62. The molecule has 19 heavy (non-hydrogen) atoms. The fraction of sp³-hybridized carbons (Fsp3) is 0.200. The standard InChI is InChI=1S/C15H16N2O2/c1-2-19-15(18)14-11-16-17(12-14)10-6-9-13-7-4-3-5-8-13/h3-9,11-12H,2,10H2,1H3/b9-6+. The van der Waals surface area contributed by atoms with Crippen molar-refractivity contribution >= 4 is 12.0 Å². The number of rotatable bonds is 5. The molecule has 0 radical (unpaired) electrons. The number of benzene rings is 1. The summed E-state index contributed by atoms with van der Waals surface area (Å²) in [5, 5.41) is 4.12. The number of ether oxygens (including phenoxy) is 1. The van der Waals surface area contributed by atoms with Gasteiger partial charge >= 0.3 is 5.97 Å². The van der Waals surface area contributed by atoms with E-state index in [1.165, 1.54) is 6.20 Å². The number of hydrogen-bond donors (Lipinski definition) is 0. The van der Waals surface area contributed by atoms with E-state index in [0.29, 0.717) is 18.7 Å². The highest BCUT2D eigenvalue weighted by molar-refractivity contribution is 5.88. The van der Waals surface area contributed by atoms with E-state index in [9.17, 15) is 4.79 Å². The smallest absolute Gasteiger partial charge is 0.341 e. The van der Waals surface area contributed by atoms with Gasteiger partial charge < -0.3 is 4.74 Å². The molecule has 0 aliphatic rings. The van der Waals surface area contributed by atoms with E-state index in [-0.39, 0.29) is 5.97 Å². The van der Waals surface area contributed by atoms with E-state index in [0.717, 1.165) is 5.56 Å². The van der Waals surface area contributed by atoms with Gasteiger partial charge in [-0.05, 0) is 12.5 Å². The first-order valence-corrected chi connectivity index (χ1v) is 6.20. The molecule has 4 heteroatoms. The highest BCUT2D eigenvalue weighted by Gasteiger charge is 2.08. The summed E-state index contributed by atoms with van der Waals surface area (Å²) < 4.78 is 6.60. The predicted octanol–water partition coefficient (Wildman–Crippen LogP) is 2.77. The Balaban J connectivity index is 1.94. The van der Waals surface area contributed by atoms with Crippen molar-refractivity contribution in [2.45, 2.75) is 13.5 Å². The Morgan fingerprint density at radius 3 is 2.89 bits per heavy atom. The van der Waals surface area contributed by atoms with E-state index in [2.05, 4.69) is 5.10 Å². The zero-order valence-corrected chi connectivity index (χ0v) is 10.8. The molecule has 0 unspecified atom stereocenters. The summed E-state index contributed by atoms with van der Waals surface area (Å²) in [6, 6.07) is 10.0. The van der Waals surface area contributed by atoms with Crippen LogP contribution in [0.2, 0.25) is 0 Å². The largest absolute Gasteiger partial charge is 0.462 e. The molecule has 2 aromatic rings. The average Bonchev–Trinajstić information content (AvgIpc) is 2.89. The predicted molar refractivity (Wildman–Crippen MR) is 73.7 cm³/mol. The van der Waals surface area contributed by atoms with Crippen LogP contribution < -0.4 is 0 Å². The molecule has 0 aliphatic carbocycles. The van der Waals surface area contributed by atoms with Crippen LogP contribution in [-0.4, -0.2) is 22.4 Å². The fourth-order valence-corrected chi connectivity index (χ4v) is 1.64. The molecule has 0 saturated heterocycles. The molecule has 0 bridgehead atoms. The second kappa shape index (κ2) is 6.54. The van der Waals surface area contributed by atoms with Gasteiger partial charge in [-0.3, -0.25) is 4.68 Å². The molecular formula is C15H16N2O2. The fourth-order valence-electron chi connectivity index (χ4n) is 1.64. The van der Waals surface area contributed by atoms with E-state index in [1.807, 2.05) is 42.5 Å². The van der Waals surface area contributed by atoms with Gasteiger partial charge in [0, 0.05) is 6.20 Å². The lowest BCUT2D eigenvalue weighted by atomic mass is 10.2. The first-order chi connectivity index (χ1) is 9.29. The third-order valence-electron chi connectivity index (χ3n) is 2.55. The summed E-state index contributed by atoms with van der Waals surface area (Å²) in [4.78, 5) is 11.5. The maximum absolute atomic E-state index is 11.5. The van der Waals surface area contributed by atoms with Crippen LogP contribution in [-0.2, 0) is 11.3 Å². The van der Waals surface area contributed by atoms with Crippen molar-refractivity contribution in [2.24, 2.45) is 0 Å². The highest BCUT2D eigenvalue weighted by atomic mass is 16.5. The molecule has 1 heterocycles. The van der Waals surface area contributed by atoms with Crippen molar-refractivity contribution < 1.29 is 9.53 Å². The Kier molecular flexibility index (Phi) is 4.50. The third-order valence-corrected chi connectivity index (χ3v) is 2.55. The van der Waals surface area contributed by atoms with E-state index in [1.54, 1.807) is 17.8 Å². The number of hydrogen-bond acceptors (Lipinski definition) is 3. The Morgan fingerprint density at radius 2 is 2.16 bits per heavy atom. The SMILES string of the molecule is CCOC(=O)c1cnn(C/C=C/c2ccccc2)c1. The quantitative estimate of drug-likeness (QED) is 0.773. The van der Waals surface area contributed by atoms with Crippen molar-refractivity contribution in [3.05, 3.63) is 59.9 Å². The molecular weight excluding hydrogens is 240 g/mol. The molecule has 4 nitrogen and oxygen atoms in total. The molecule has 0 saturated carbocycles. The van der Waals surface area contributed by atoms with Crippen molar-refractivity contribution in [3.63, 3.8) is 0 Å². The second-order valence-electron chi connectivity index (χ2n) is 3.98. The van der Waals surface area contributed by atoms with Crippen LogP contribution >= 0.6 is 0 Å². The van der Waals surface area contributed by atoms with Crippen LogP contribution in [0.15, 0.2) is 48.8 Å². The Bertz CT molecular complexity index is 559. The molecule has 0 N–H and O–H groups in total. The van der Waals surface area contributed by atoms with Gasteiger partial charge in [0.15, 0.2) is 0 Å². The summed E-state index contributed by atoms with van der Waals surface area (Å²) in [6.07, 6.45) is 7.23. The summed E-state index contributed by atoms with van der Waals surface area (Å²) >= 11 is 0. The first-order valence-electron chi connectivity index (χ1n) is 6.20. The average molecular weight is 256 g/mol. The molecule has 0 spiro atoms. The number of aromatic nitrogens is 2. The van der Waals surface area contributed by atoms with E-state index >= 15 is 0 Å². The minimum atomic E-state index is -0.333. The van der Waals surface area contributed by atoms with Gasteiger partial charge in [-0.15, -0.1) is 0 Å².